The summed E-state index contributed by atoms with van der Waals surface area (Å²) in [6.07, 6.45) is 6.94. The van der Waals surface area contributed by atoms with E-state index in [9.17, 15) is 9.59 Å². The standard InChI is InChI=1S/C17H18ClN5O2/c18-12-6-11(8-20-14(12)24)15(25)23-5-1-3-17(9-23)4-2-10-7-21-16(19)22-13(10)17/h6-8H,1-5,9H2,(H,20,24)(H2,19,21,22). The number of anilines is 1. The Morgan fingerprint density at radius 2 is 2.24 bits per heavy atom. The third-order valence-electron chi connectivity index (χ3n) is 5.23. The number of fused-ring (bicyclic) bond motifs is 2. The van der Waals surface area contributed by atoms with Crippen molar-refractivity contribution >= 4 is 23.5 Å². The zero-order valence-corrected chi connectivity index (χ0v) is 14.3. The fraction of sp³-hybridized carbons (Fsp3) is 0.412. The highest BCUT2D eigenvalue weighted by molar-refractivity contribution is 6.30. The van der Waals surface area contributed by atoms with E-state index in [0.29, 0.717) is 18.7 Å². The number of carbonyl (C=O) groups excluding carboxylic acids is 1. The molecule has 130 valence electrons. The molecule has 7 nitrogen and oxygen atoms in total. The monoisotopic (exact) mass is 359 g/mol. The predicted molar refractivity (Wildman–Crippen MR) is 93.7 cm³/mol. The number of aryl methyl sites for hydroxylation is 1. The summed E-state index contributed by atoms with van der Waals surface area (Å²) >= 11 is 5.86. The summed E-state index contributed by atoms with van der Waals surface area (Å²) < 4.78 is 0. The summed E-state index contributed by atoms with van der Waals surface area (Å²) in [5.41, 5.74) is 7.72. The van der Waals surface area contributed by atoms with E-state index in [0.717, 1.165) is 36.9 Å². The van der Waals surface area contributed by atoms with Crippen LogP contribution in [0.15, 0.2) is 23.3 Å². The van der Waals surface area contributed by atoms with Gasteiger partial charge in [0, 0.05) is 30.9 Å². The summed E-state index contributed by atoms with van der Waals surface area (Å²) in [7, 11) is 0. The lowest BCUT2D eigenvalue weighted by atomic mass is 9.77. The molecule has 4 rings (SSSR count). The largest absolute Gasteiger partial charge is 0.368 e. The molecule has 0 bridgehead atoms. The van der Waals surface area contributed by atoms with E-state index >= 15 is 0 Å². The number of nitrogens with zero attached hydrogens (tertiary/aromatic N) is 3. The van der Waals surface area contributed by atoms with Gasteiger partial charge in [-0.2, -0.15) is 0 Å². The molecule has 25 heavy (non-hydrogen) atoms. The van der Waals surface area contributed by atoms with Crippen LogP contribution < -0.4 is 11.3 Å². The highest BCUT2D eigenvalue weighted by atomic mass is 35.5. The van der Waals surface area contributed by atoms with Crippen LogP contribution in [0.25, 0.3) is 0 Å². The van der Waals surface area contributed by atoms with Gasteiger partial charge in [-0.1, -0.05) is 11.6 Å². The second-order valence-electron chi connectivity index (χ2n) is 6.78. The van der Waals surface area contributed by atoms with Gasteiger partial charge in [-0.25, -0.2) is 9.97 Å². The number of amides is 1. The van der Waals surface area contributed by atoms with E-state index in [1.54, 1.807) is 6.20 Å². The maximum Gasteiger partial charge on any atom is 0.266 e. The van der Waals surface area contributed by atoms with Crippen molar-refractivity contribution in [2.75, 3.05) is 18.8 Å². The number of hydrogen-bond donors (Lipinski definition) is 2. The van der Waals surface area contributed by atoms with Crippen LogP contribution in [-0.4, -0.2) is 38.8 Å². The predicted octanol–water partition coefficient (Wildman–Crippen LogP) is 1.52. The van der Waals surface area contributed by atoms with Crippen LogP contribution in [0.5, 0.6) is 0 Å². The maximum atomic E-state index is 12.9. The lowest BCUT2D eigenvalue weighted by Crippen LogP contribution is -2.48. The Labute approximate surface area is 149 Å². The molecular formula is C17H18ClN5O2. The maximum absolute atomic E-state index is 12.9. The molecule has 1 saturated heterocycles. The third-order valence-corrected chi connectivity index (χ3v) is 5.51. The minimum Gasteiger partial charge on any atom is -0.368 e. The lowest BCUT2D eigenvalue weighted by Gasteiger charge is -2.40. The molecule has 1 fully saturated rings. The number of nitrogen functional groups attached to an aromatic ring is 1. The first kappa shape index (κ1) is 16.1. The van der Waals surface area contributed by atoms with Crippen molar-refractivity contribution < 1.29 is 4.79 Å². The molecule has 1 aliphatic carbocycles. The van der Waals surface area contributed by atoms with Crippen molar-refractivity contribution in [3.05, 3.63) is 50.7 Å². The van der Waals surface area contributed by atoms with Gasteiger partial charge >= 0.3 is 0 Å². The number of piperidine rings is 1. The van der Waals surface area contributed by atoms with Gasteiger partial charge in [-0.05, 0) is 37.3 Å². The lowest BCUT2D eigenvalue weighted by molar-refractivity contribution is 0.0633. The number of carbonyl (C=O) groups is 1. The Morgan fingerprint density at radius 1 is 1.40 bits per heavy atom. The molecule has 1 unspecified atom stereocenters. The summed E-state index contributed by atoms with van der Waals surface area (Å²) in [5.74, 6) is 0.142. The highest BCUT2D eigenvalue weighted by Gasteiger charge is 2.44. The molecular weight excluding hydrogens is 342 g/mol. The summed E-state index contributed by atoms with van der Waals surface area (Å²) in [6.45, 7) is 1.26. The SMILES string of the molecule is Nc1ncc2c(n1)C1(CCCN(C(=O)c3c[nH]c(=O)c(Cl)c3)C1)CC2. The molecule has 0 radical (unpaired) electrons. The van der Waals surface area contributed by atoms with Crippen LogP contribution in [0.1, 0.15) is 40.9 Å². The first-order valence-electron chi connectivity index (χ1n) is 8.28. The number of H-pyrrole nitrogens is 1. The molecule has 1 amide bonds. The number of nitrogens with two attached hydrogens (primary N) is 1. The normalized spacial score (nSPS) is 22.2. The van der Waals surface area contributed by atoms with Gasteiger partial charge in [-0.15, -0.1) is 0 Å². The molecule has 1 spiro atoms. The van der Waals surface area contributed by atoms with Gasteiger partial charge in [0.25, 0.3) is 11.5 Å². The zero-order valence-electron chi connectivity index (χ0n) is 13.6. The Bertz CT molecular complexity index is 908. The average molecular weight is 360 g/mol. The van der Waals surface area contributed by atoms with E-state index in [1.165, 1.54) is 12.3 Å². The fourth-order valence-corrected chi connectivity index (χ4v) is 4.19. The number of aromatic nitrogens is 3. The first-order valence-corrected chi connectivity index (χ1v) is 8.66. The molecule has 3 heterocycles. The van der Waals surface area contributed by atoms with E-state index in [2.05, 4.69) is 15.0 Å². The number of hydrogen-bond acceptors (Lipinski definition) is 5. The second-order valence-corrected chi connectivity index (χ2v) is 7.19. The van der Waals surface area contributed by atoms with Gasteiger partial charge in [0.1, 0.15) is 5.02 Å². The van der Waals surface area contributed by atoms with Crippen LogP contribution in [0, 0.1) is 0 Å². The molecule has 3 N–H and O–H groups in total. The zero-order chi connectivity index (χ0) is 17.6. The fourth-order valence-electron chi connectivity index (χ4n) is 4.02. The first-order chi connectivity index (χ1) is 12.0. The van der Waals surface area contributed by atoms with Gasteiger partial charge in [0.15, 0.2) is 0 Å². The van der Waals surface area contributed by atoms with Crippen LogP contribution >= 0.6 is 11.6 Å². The number of halogens is 1. The molecule has 2 aromatic heterocycles. The smallest absolute Gasteiger partial charge is 0.266 e. The van der Waals surface area contributed by atoms with Crippen molar-refractivity contribution in [2.24, 2.45) is 0 Å². The molecule has 0 saturated carbocycles. The summed E-state index contributed by atoms with van der Waals surface area (Å²) in [4.78, 5) is 37.2. The minimum atomic E-state index is -0.398. The summed E-state index contributed by atoms with van der Waals surface area (Å²) in [6, 6.07) is 1.42. The Kier molecular flexibility index (Phi) is 3.76. The number of aromatic amines is 1. The average Bonchev–Trinajstić information content (AvgIpc) is 2.94. The van der Waals surface area contributed by atoms with Gasteiger partial charge in [0.05, 0.1) is 11.3 Å². The molecule has 1 aliphatic heterocycles. The Hall–Kier alpha value is -2.41. The van der Waals surface area contributed by atoms with Crippen LogP contribution in [-0.2, 0) is 11.8 Å². The van der Waals surface area contributed by atoms with Gasteiger partial charge in [-0.3, -0.25) is 9.59 Å². The number of likely N-dealkylation sites (tertiary alicyclic amines) is 1. The Balaban J connectivity index is 1.64. The van der Waals surface area contributed by atoms with Crippen molar-refractivity contribution in [1.29, 1.82) is 0 Å². The quantitative estimate of drug-likeness (QED) is 0.803. The molecule has 2 aliphatic rings. The topological polar surface area (TPSA) is 105 Å². The molecule has 1 atom stereocenters. The number of pyridine rings is 1. The van der Waals surface area contributed by atoms with Gasteiger partial charge in [0.2, 0.25) is 5.95 Å². The summed E-state index contributed by atoms with van der Waals surface area (Å²) in [5, 5.41) is 0.0179. The van der Waals surface area contributed by atoms with Crippen LogP contribution in [0.2, 0.25) is 5.02 Å². The van der Waals surface area contributed by atoms with E-state index in [1.807, 2.05) is 4.90 Å². The second kappa shape index (κ2) is 5.84. The third kappa shape index (κ3) is 2.68. The van der Waals surface area contributed by atoms with Crippen molar-refractivity contribution in [3.63, 3.8) is 0 Å². The van der Waals surface area contributed by atoms with Crippen molar-refractivity contribution in [3.8, 4) is 0 Å². The Morgan fingerprint density at radius 3 is 3.04 bits per heavy atom. The number of nitrogens with one attached hydrogen (secondary N) is 1. The molecule has 0 aromatic carbocycles. The van der Waals surface area contributed by atoms with E-state index < -0.39 is 5.56 Å². The number of rotatable bonds is 1. The van der Waals surface area contributed by atoms with Crippen molar-refractivity contribution in [2.45, 2.75) is 31.1 Å². The van der Waals surface area contributed by atoms with Crippen LogP contribution in [0.3, 0.4) is 0 Å². The highest BCUT2D eigenvalue weighted by Crippen LogP contribution is 2.44. The van der Waals surface area contributed by atoms with Gasteiger partial charge < -0.3 is 15.6 Å². The molecule has 2 aromatic rings. The van der Waals surface area contributed by atoms with Crippen LogP contribution in [0.4, 0.5) is 5.95 Å². The molecule has 8 heteroatoms. The van der Waals surface area contributed by atoms with E-state index in [4.69, 9.17) is 17.3 Å². The minimum absolute atomic E-state index is 0.0179. The van der Waals surface area contributed by atoms with Crippen molar-refractivity contribution in [1.82, 2.24) is 19.9 Å². The van der Waals surface area contributed by atoms with E-state index in [-0.39, 0.29) is 22.3 Å².